The number of amidine groups is 1. The number of hydrogen-bond donors (Lipinski definition) is 2. The Morgan fingerprint density at radius 2 is 2.78 bits per heavy atom. The summed E-state index contributed by atoms with van der Waals surface area (Å²) in [5.41, 5.74) is 5.16. The first kappa shape index (κ1) is 5.19. The van der Waals surface area contributed by atoms with Crippen molar-refractivity contribution in [3.8, 4) is 0 Å². The summed E-state index contributed by atoms with van der Waals surface area (Å²) in [4.78, 5) is 15.3. The highest BCUT2D eigenvalue weighted by Gasteiger charge is 2.41. The molecule has 6 heteroatoms. The summed E-state index contributed by atoms with van der Waals surface area (Å²) in [6, 6.07) is 0. The van der Waals surface area contributed by atoms with Crippen molar-refractivity contribution in [3.05, 3.63) is 4.91 Å². The minimum Gasteiger partial charge on any atom is -0.176 e. The second-order valence-corrected chi connectivity index (χ2v) is 2.81. The van der Waals surface area contributed by atoms with Crippen molar-refractivity contribution in [2.24, 2.45) is 4.99 Å². The molecule has 2 N–H and O–H groups in total. The summed E-state index contributed by atoms with van der Waals surface area (Å²) in [6.45, 7) is 0. The normalized spacial score (nSPS) is 31.8. The molecule has 2 heterocycles. The Morgan fingerprint density at radius 3 is 3.56 bits per heavy atom. The Labute approximate surface area is 55.4 Å². The molecule has 1 saturated heterocycles. The largest absolute Gasteiger partial charge is 0.390 e. The maximum absolute atomic E-state index is 10.7. The van der Waals surface area contributed by atoms with Gasteiger partial charge in [0.1, 0.15) is 4.87 Å². The molecule has 0 spiro atoms. The number of nitrogens with one attached hydrogen (secondary N) is 2. The number of nitroso groups, excluding NO2 is 1. The number of thioether (sulfide) groups is 1. The molecule has 1 fully saturated rings. The van der Waals surface area contributed by atoms with Crippen molar-refractivity contribution in [1.29, 1.82) is 0 Å². The predicted octanol–water partition coefficient (Wildman–Crippen LogP) is -0.783. The monoisotopic (exact) mass is 145 g/mol. The van der Waals surface area contributed by atoms with E-state index in [9.17, 15) is 4.91 Å². The zero-order valence-corrected chi connectivity index (χ0v) is 5.31. The van der Waals surface area contributed by atoms with Gasteiger partial charge in [-0.1, -0.05) is 16.8 Å². The number of aliphatic imine (C=N–C) groups is 1. The number of nitrogens with zero attached hydrogens (tertiary/aromatic N) is 2. The SMILES string of the molecule is O=[N+]1NNC2SCN=C21. The molecule has 0 saturated carbocycles. The molecule has 0 aliphatic carbocycles. The maximum atomic E-state index is 10.7. The molecule has 0 radical (unpaired) electrons. The van der Waals surface area contributed by atoms with Crippen LogP contribution in [0.25, 0.3) is 0 Å². The second-order valence-electron chi connectivity index (χ2n) is 1.74. The van der Waals surface area contributed by atoms with Gasteiger partial charge < -0.3 is 0 Å². The summed E-state index contributed by atoms with van der Waals surface area (Å²) >= 11 is 1.60. The minimum atomic E-state index is 0.0718. The van der Waals surface area contributed by atoms with E-state index < -0.39 is 0 Å². The highest BCUT2D eigenvalue weighted by molar-refractivity contribution is 8.00. The summed E-state index contributed by atoms with van der Waals surface area (Å²) in [5.74, 6) is 1.24. The van der Waals surface area contributed by atoms with Crippen molar-refractivity contribution < 1.29 is 4.87 Å². The van der Waals surface area contributed by atoms with Gasteiger partial charge in [0.15, 0.2) is 11.3 Å². The quantitative estimate of drug-likeness (QED) is 0.439. The van der Waals surface area contributed by atoms with E-state index >= 15 is 0 Å². The summed E-state index contributed by atoms with van der Waals surface area (Å²) < 4.78 is 0. The zero-order valence-electron chi connectivity index (χ0n) is 4.50. The molecule has 0 aromatic carbocycles. The van der Waals surface area contributed by atoms with Gasteiger partial charge in [0.05, 0.1) is 0 Å². The van der Waals surface area contributed by atoms with Gasteiger partial charge in [-0.25, -0.2) is 0 Å². The van der Waals surface area contributed by atoms with Gasteiger partial charge in [-0.2, -0.15) is 5.43 Å². The molecule has 48 valence electrons. The number of hydrazine groups is 2. The van der Waals surface area contributed by atoms with Gasteiger partial charge in [0.25, 0.3) is 0 Å². The standard InChI is InChI=1S/C3H5N4OS/c8-7-2-3(5-6-7)9-1-4-2/h3,5H,1H2,(H,6,8)/q+1. The zero-order chi connectivity index (χ0) is 6.27. The van der Waals surface area contributed by atoms with E-state index in [2.05, 4.69) is 16.0 Å². The molecule has 5 nitrogen and oxygen atoms in total. The Balaban J connectivity index is 2.32. The highest BCUT2D eigenvalue weighted by Crippen LogP contribution is 2.19. The Hall–Kier alpha value is -0.620. The summed E-state index contributed by atoms with van der Waals surface area (Å²) in [7, 11) is 0. The van der Waals surface area contributed by atoms with Crippen LogP contribution in [-0.4, -0.2) is 22.0 Å². The number of rotatable bonds is 0. The minimum absolute atomic E-state index is 0.0718. The third kappa shape index (κ3) is 0.632. The average molecular weight is 145 g/mol. The van der Waals surface area contributed by atoms with Crippen molar-refractivity contribution in [2.45, 2.75) is 5.37 Å². The maximum Gasteiger partial charge on any atom is 0.390 e. The first-order valence-corrected chi connectivity index (χ1v) is 3.57. The molecular formula is C3H5N4OS+. The number of hydrogen-bond acceptors (Lipinski definition) is 4. The van der Waals surface area contributed by atoms with E-state index in [-0.39, 0.29) is 5.37 Å². The van der Waals surface area contributed by atoms with Gasteiger partial charge in [0.2, 0.25) is 0 Å². The summed E-state index contributed by atoms with van der Waals surface area (Å²) in [6.07, 6.45) is 0. The van der Waals surface area contributed by atoms with Crippen LogP contribution < -0.4 is 11.0 Å². The molecule has 2 rings (SSSR count). The van der Waals surface area contributed by atoms with Crippen LogP contribution in [0.3, 0.4) is 0 Å². The van der Waals surface area contributed by atoms with Crippen molar-refractivity contribution >= 4 is 17.6 Å². The predicted molar refractivity (Wildman–Crippen MR) is 33.6 cm³/mol. The van der Waals surface area contributed by atoms with Crippen LogP contribution in [0.5, 0.6) is 0 Å². The lowest BCUT2D eigenvalue weighted by molar-refractivity contribution is -0.493. The average Bonchev–Trinajstić information content (AvgIpc) is 2.35. The molecule has 0 bridgehead atoms. The van der Waals surface area contributed by atoms with E-state index in [1.807, 2.05) is 0 Å². The Morgan fingerprint density at radius 1 is 1.89 bits per heavy atom. The van der Waals surface area contributed by atoms with Crippen LogP contribution in [-0.2, 0) is 0 Å². The molecule has 1 atom stereocenters. The second kappa shape index (κ2) is 1.68. The first-order chi connectivity index (χ1) is 4.38. The van der Waals surface area contributed by atoms with Gasteiger partial charge >= 0.3 is 5.84 Å². The third-order valence-corrected chi connectivity index (χ3v) is 2.15. The van der Waals surface area contributed by atoms with Crippen LogP contribution in [0.15, 0.2) is 4.99 Å². The van der Waals surface area contributed by atoms with Gasteiger partial charge in [-0.05, 0) is 4.91 Å². The highest BCUT2D eigenvalue weighted by atomic mass is 32.2. The molecule has 2 aliphatic rings. The number of fused-ring (bicyclic) bond motifs is 1. The van der Waals surface area contributed by atoms with E-state index in [1.165, 1.54) is 0 Å². The van der Waals surface area contributed by atoms with E-state index in [0.29, 0.717) is 16.6 Å². The Kier molecular flexibility index (Phi) is 0.967. The van der Waals surface area contributed by atoms with Crippen molar-refractivity contribution in [1.82, 2.24) is 11.0 Å². The van der Waals surface area contributed by atoms with E-state index in [4.69, 9.17) is 0 Å². The van der Waals surface area contributed by atoms with Gasteiger partial charge in [0, 0.05) is 0 Å². The van der Waals surface area contributed by atoms with Crippen LogP contribution in [0.2, 0.25) is 0 Å². The van der Waals surface area contributed by atoms with Crippen LogP contribution in [0.1, 0.15) is 0 Å². The van der Waals surface area contributed by atoms with E-state index in [1.54, 1.807) is 11.8 Å². The fraction of sp³-hybridized carbons (Fsp3) is 0.667. The van der Waals surface area contributed by atoms with Crippen LogP contribution >= 0.6 is 11.8 Å². The Bertz CT molecular complexity index is 190. The van der Waals surface area contributed by atoms with E-state index in [0.717, 1.165) is 0 Å². The first-order valence-electron chi connectivity index (χ1n) is 2.52. The van der Waals surface area contributed by atoms with Crippen LogP contribution in [0.4, 0.5) is 0 Å². The van der Waals surface area contributed by atoms with Crippen LogP contribution in [0, 0.1) is 4.91 Å². The molecule has 1 unspecified atom stereocenters. The lowest BCUT2D eigenvalue weighted by Crippen LogP contribution is -2.30. The fourth-order valence-electron chi connectivity index (χ4n) is 0.787. The molecule has 9 heavy (non-hydrogen) atoms. The lowest BCUT2D eigenvalue weighted by Gasteiger charge is -1.89. The van der Waals surface area contributed by atoms with Crippen molar-refractivity contribution in [2.75, 3.05) is 5.88 Å². The molecule has 2 aliphatic heterocycles. The molecular weight excluding hydrogens is 140 g/mol. The lowest BCUT2D eigenvalue weighted by atomic mass is 10.6. The molecule has 0 amide bonds. The van der Waals surface area contributed by atoms with Crippen molar-refractivity contribution in [3.63, 3.8) is 0 Å². The smallest absolute Gasteiger partial charge is 0.176 e. The molecule has 0 aromatic rings. The molecule has 0 aromatic heterocycles. The van der Waals surface area contributed by atoms with Gasteiger partial charge in [-0.15, -0.1) is 5.53 Å². The topological polar surface area (TPSA) is 56.5 Å². The summed E-state index contributed by atoms with van der Waals surface area (Å²) in [5, 5.41) is 0.0718. The van der Waals surface area contributed by atoms with Gasteiger partial charge in [-0.3, -0.25) is 0 Å². The fourth-order valence-corrected chi connectivity index (χ4v) is 1.60. The third-order valence-electron chi connectivity index (χ3n) is 1.21.